The molecule has 1 N–H and O–H groups in total. The van der Waals surface area contributed by atoms with Gasteiger partial charge >= 0.3 is 0 Å². The zero-order valence-electron chi connectivity index (χ0n) is 8.69. The Hall–Kier alpha value is -1.76. The van der Waals surface area contributed by atoms with Gasteiger partial charge in [-0.15, -0.1) is 0 Å². The number of H-pyrrole nitrogens is 1. The molecule has 0 atom stereocenters. The van der Waals surface area contributed by atoms with Crippen LogP contribution in [0.1, 0.15) is 12.8 Å². The largest absolute Gasteiger partial charge is 0.361 e. The Balaban J connectivity index is 0.000000124. The number of allylic oxidation sites excluding steroid dienone is 4. The lowest BCUT2D eigenvalue weighted by molar-refractivity contribution is 1.04. The van der Waals surface area contributed by atoms with E-state index in [9.17, 15) is 0 Å². The average Bonchev–Trinajstić information content (AvgIpc) is 2.80. The molecule has 0 spiro atoms. The number of aromatic nitrogens is 1. The van der Waals surface area contributed by atoms with Gasteiger partial charge in [-0.25, -0.2) is 0 Å². The third-order valence-corrected chi connectivity index (χ3v) is 2.35. The van der Waals surface area contributed by atoms with E-state index in [1.54, 1.807) is 0 Å². The second kappa shape index (κ2) is 5.20. The van der Waals surface area contributed by atoms with Crippen LogP contribution in [-0.4, -0.2) is 4.98 Å². The fourth-order valence-corrected chi connectivity index (χ4v) is 1.54. The van der Waals surface area contributed by atoms with E-state index in [4.69, 9.17) is 0 Å². The Morgan fingerprint density at radius 3 is 2.20 bits per heavy atom. The van der Waals surface area contributed by atoms with E-state index in [1.807, 2.05) is 18.3 Å². The van der Waals surface area contributed by atoms with Crippen molar-refractivity contribution in [1.29, 1.82) is 0 Å². The fraction of sp³-hybridized carbons (Fsp3) is 0.143. The molecular weight excluding hydrogens is 182 g/mol. The second-order valence-corrected chi connectivity index (χ2v) is 3.50. The first-order valence-corrected chi connectivity index (χ1v) is 5.30. The van der Waals surface area contributed by atoms with E-state index >= 15 is 0 Å². The van der Waals surface area contributed by atoms with Gasteiger partial charge in [0.2, 0.25) is 0 Å². The summed E-state index contributed by atoms with van der Waals surface area (Å²) >= 11 is 0. The predicted molar refractivity (Wildman–Crippen MR) is 65.8 cm³/mol. The third-order valence-electron chi connectivity index (χ3n) is 2.35. The minimum Gasteiger partial charge on any atom is -0.361 e. The monoisotopic (exact) mass is 197 g/mol. The van der Waals surface area contributed by atoms with Gasteiger partial charge in [-0.3, -0.25) is 0 Å². The molecule has 1 heterocycles. The van der Waals surface area contributed by atoms with E-state index in [0.717, 1.165) is 0 Å². The number of para-hydroxylation sites is 1. The zero-order valence-corrected chi connectivity index (χ0v) is 8.69. The lowest BCUT2D eigenvalue weighted by Gasteiger charge is -1.88. The van der Waals surface area contributed by atoms with E-state index in [2.05, 4.69) is 47.5 Å². The molecule has 1 aliphatic rings. The van der Waals surface area contributed by atoms with Gasteiger partial charge < -0.3 is 4.98 Å². The number of fused-ring (bicyclic) bond motifs is 1. The molecule has 2 aromatic rings. The van der Waals surface area contributed by atoms with E-state index in [1.165, 1.54) is 23.7 Å². The van der Waals surface area contributed by atoms with Crippen molar-refractivity contribution in [2.24, 2.45) is 0 Å². The van der Waals surface area contributed by atoms with Crippen LogP contribution < -0.4 is 0 Å². The number of benzene rings is 1. The van der Waals surface area contributed by atoms with Crippen molar-refractivity contribution in [3.05, 3.63) is 60.8 Å². The summed E-state index contributed by atoms with van der Waals surface area (Å²) in [6.45, 7) is 0. The average molecular weight is 197 g/mol. The first-order valence-electron chi connectivity index (χ1n) is 5.30. The van der Waals surface area contributed by atoms with Crippen molar-refractivity contribution >= 4 is 10.9 Å². The molecule has 0 amide bonds. The maximum absolute atomic E-state index is 3.12. The Morgan fingerprint density at radius 1 is 0.867 bits per heavy atom. The first-order chi connectivity index (χ1) is 7.47. The van der Waals surface area contributed by atoms with E-state index < -0.39 is 0 Å². The number of rotatable bonds is 0. The molecule has 1 heteroatoms. The van der Waals surface area contributed by atoms with Crippen LogP contribution in [-0.2, 0) is 0 Å². The highest BCUT2D eigenvalue weighted by atomic mass is 14.6. The van der Waals surface area contributed by atoms with Gasteiger partial charge in [0.05, 0.1) is 0 Å². The van der Waals surface area contributed by atoms with Crippen LogP contribution in [0, 0.1) is 0 Å². The topological polar surface area (TPSA) is 15.8 Å². The summed E-state index contributed by atoms with van der Waals surface area (Å²) in [5.41, 5.74) is 1.21. The summed E-state index contributed by atoms with van der Waals surface area (Å²) in [7, 11) is 0. The van der Waals surface area contributed by atoms with Gasteiger partial charge in [0.25, 0.3) is 0 Å². The highest BCUT2D eigenvalue weighted by Crippen LogP contribution is 2.09. The van der Waals surface area contributed by atoms with Crippen molar-refractivity contribution in [3.63, 3.8) is 0 Å². The molecule has 15 heavy (non-hydrogen) atoms. The number of aromatic amines is 1. The summed E-state index contributed by atoms with van der Waals surface area (Å²) in [4.78, 5) is 3.12. The normalized spacial score (nSPS) is 13.6. The third kappa shape index (κ3) is 2.84. The summed E-state index contributed by atoms with van der Waals surface area (Å²) in [6, 6.07) is 10.3. The molecule has 0 saturated carbocycles. The van der Waals surface area contributed by atoms with Crippen molar-refractivity contribution < 1.29 is 0 Å². The Kier molecular flexibility index (Phi) is 3.39. The van der Waals surface area contributed by atoms with Crippen LogP contribution >= 0.6 is 0 Å². The summed E-state index contributed by atoms with van der Waals surface area (Å²) in [5.74, 6) is 0. The molecule has 76 valence electrons. The molecule has 0 radical (unpaired) electrons. The van der Waals surface area contributed by atoms with Gasteiger partial charge in [-0.1, -0.05) is 42.5 Å². The fourth-order valence-electron chi connectivity index (χ4n) is 1.54. The Labute approximate surface area is 90.1 Å². The molecule has 1 aromatic heterocycles. The minimum absolute atomic E-state index is 1.21. The highest BCUT2D eigenvalue weighted by Gasteiger charge is 1.86. The van der Waals surface area contributed by atoms with Crippen LogP contribution in [0.25, 0.3) is 10.9 Å². The summed E-state index contributed by atoms with van der Waals surface area (Å²) in [5, 5.41) is 1.28. The summed E-state index contributed by atoms with van der Waals surface area (Å²) in [6.07, 6.45) is 12.9. The van der Waals surface area contributed by atoms with Crippen LogP contribution in [0.4, 0.5) is 0 Å². The molecule has 0 unspecified atom stereocenters. The van der Waals surface area contributed by atoms with Gasteiger partial charge in [0.15, 0.2) is 0 Å². The number of hydrogen-bond acceptors (Lipinski definition) is 0. The van der Waals surface area contributed by atoms with Crippen LogP contribution in [0.3, 0.4) is 0 Å². The second-order valence-electron chi connectivity index (χ2n) is 3.50. The van der Waals surface area contributed by atoms with Gasteiger partial charge in [0.1, 0.15) is 0 Å². The van der Waals surface area contributed by atoms with Crippen molar-refractivity contribution in [1.82, 2.24) is 4.98 Å². The van der Waals surface area contributed by atoms with Crippen molar-refractivity contribution in [2.45, 2.75) is 12.8 Å². The molecule has 3 rings (SSSR count). The molecule has 1 aliphatic carbocycles. The van der Waals surface area contributed by atoms with Crippen LogP contribution in [0.15, 0.2) is 60.8 Å². The molecular formula is C14H15N. The smallest absolute Gasteiger partial charge is 0.0453 e. The van der Waals surface area contributed by atoms with Crippen LogP contribution in [0.2, 0.25) is 0 Å². The molecule has 0 bridgehead atoms. The molecule has 0 saturated heterocycles. The van der Waals surface area contributed by atoms with Gasteiger partial charge in [0, 0.05) is 11.7 Å². The van der Waals surface area contributed by atoms with Gasteiger partial charge in [-0.2, -0.15) is 0 Å². The molecule has 0 fully saturated rings. The van der Waals surface area contributed by atoms with Crippen molar-refractivity contribution in [2.75, 3.05) is 0 Å². The maximum Gasteiger partial charge on any atom is 0.0453 e. The SMILES string of the molecule is C1=CCCC=C1.c1ccc2[nH]ccc2c1. The maximum atomic E-state index is 3.12. The highest BCUT2D eigenvalue weighted by molar-refractivity contribution is 5.78. The van der Waals surface area contributed by atoms with E-state index in [0.29, 0.717) is 0 Å². The minimum atomic E-state index is 1.21. The molecule has 1 aromatic carbocycles. The van der Waals surface area contributed by atoms with Gasteiger partial charge in [-0.05, 0) is 30.4 Å². The number of hydrogen-bond donors (Lipinski definition) is 1. The standard InChI is InChI=1S/C8H7N.C6H8/c1-2-4-8-7(3-1)5-6-9-8;1-2-4-6-5-3-1/h1-6,9H;1-4H,5-6H2. The Bertz CT molecular complexity index is 421. The van der Waals surface area contributed by atoms with Crippen molar-refractivity contribution in [3.8, 4) is 0 Å². The quantitative estimate of drug-likeness (QED) is 0.655. The lowest BCUT2D eigenvalue weighted by atomic mass is 10.2. The molecule has 1 nitrogen and oxygen atoms in total. The lowest BCUT2D eigenvalue weighted by Crippen LogP contribution is -1.67. The summed E-state index contributed by atoms with van der Waals surface area (Å²) < 4.78 is 0. The first kappa shape index (κ1) is 9.78. The Morgan fingerprint density at radius 2 is 1.60 bits per heavy atom. The zero-order chi connectivity index (χ0) is 10.3. The predicted octanol–water partition coefficient (Wildman–Crippen LogP) is 4.06. The molecule has 0 aliphatic heterocycles. The number of nitrogens with one attached hydrogen (secondary N) is 1. The van der Waals surface area contributed by atoms with E-state index in [-0.39, 0.29) is 0 Å². The van der Waals surface area contributed by atoms with Crippen LogP contribution in [0.5, 0.6) is 0 Å².